The van der Waals surface area contributed by atoms with Crippen LogP contribution >= 0.6 is 11.6 Å². The summed E-state index contributed by atoms with van der Waals surface area (Å²) in [5.41, 5.74) is 5.77. The number of benzene rings is 2. The van der Waals surface area contributed by atoms with Crippen molar-refractivity contribution in [2.45, 2.75) is 6.54 Å². The predicted molar refractivity (Wildman–Crippen MR) is 72.5 cm³/mol. The largest absolute Gasteiger partial charge is 0.448 e. The maximum absolute atomic E-state index is 13.2. The first-order chi connectivity index (χ1) is 9.52. The maximum atomic E-state index is 13.2. The highest BCUT2D eigenvalue weighted by Gasteiger charge is 2.19. The molecule has 2 rings (SSSR count). The Hall–Kier alpha value is -2.18. The van der Waals surface area contributed by atoms with E-state index in [1.807, 2.05) is 0 Å². The Morgan fingerprint density at radius 3 is 2.75 bits per heavy atom. The molecule has 5 nitrogen and oxygen atoms in total. The van der Waals surface area contributed by atoms with Gasteiger partial charge in [0.25, 0.3) is 0 Å². The monoisotopic (exact) mass is 296 g/mol. The number of halogens is 2. The third-order valence-electron chi connectivity index (χ3n) is 2.60. The molecule has 2 aromatic carbocycles. The second-order valence-electron chi connectivity index (χ2n) is 3.90. The van der Waals surface area contributed by atoms with Gasteiger partial charge in [0.15, 0.2) is 5.75 Å². The molecule has 0 unspecified atom stereocenters. The van der Waals surface area contributed by atoms with E-state index < -0.39 is 10.7 Å². The van der Waals surface area contributed by atoms with Gasteiger partial charge in [0.1, 0.15) is 5.82 Å². The molecule has 0 amide bonds. The van der Waals surface area contributed by atoms with Crippen LogP contribution in [0.3, 0.4) is 0 Å². The van der Waals surface area contributed by atoms with Gasteiger partial charge in [-0.2, -0.15) is 0 Å². The number of nitro benzene ring substituents is 1. The highest BCUT2D eigenvalue weighted by molar-refractivity contribution is 6.32. The number of hydrogen-bond donors (Lipinski definition) is 1. The molecule has 0 bridgehead atoms. The lowest BCUT2D eigenvalue weighted by atomic mass is 10.2. The Morgan fingerprint density at radius 1 is 1.35 bits per heavy atom. The Balaban J connectivity index is 2.50. The van der Waals surface area contributed by atoms with Crippen LogP contribution in [0.25, 0.3) is 0 Å². The van der Waals surface area contributed by atoms with Crippen molar-refractivity contribution in [3.63, 3.8) is 0 Å². The second-order valence-corrected chi connectivity index (χ2v) is 4.31. The first kappa shape index (κ1) is 14.2. The highest BCUT2D eigenvalue weighted by Crippen LogP contribution is 2.37. The van der Waals surface area contributed by atoms with Crippen molar-refractivity contribution in [1.29, 1.82) is 0 Å². The summed E-state index contributed by atoms with van der Waals surface area (Å²) in [6.07, 6.45) is 0. The fourth-order valence-corrected chi connectivity index (χ4v) is 1.89. The number of rotatable bonds is 4. The van der Waals surface area contributed by atoms with Gasteiger partial charge in [0.2, 0.25) is 5.75 Å². The summed E-state index contributed by atoms with van der Waals surface area (Å²) in [7, 11) is 0. The molecular weight excluding hydrogens is 287 g/mol. The first-order valence-corrected chi connectivity index (χ1v) is 6.00. The van der Waals surface area contributed by atoms with Crippen molar-refractivity contribution in [2.75, 3.05) is 0 Å². The summed E-state index contributed by atoms with van der Waals surface area (Å²) in [5.74, 6) is -0.685. The van der Waals surface area contributed by atoms with Gasteiger partial charge in [0, 0.05) is 24.2 Å². The molecule has 20 heavy (non-hydrogen) atoms. The summed E-state index contributed by atoms with van der Waals surface area (Å²) >= 11 is 5.99. The zero-order chi connectivity index (χ0) is 14.7. The van der Waals surface area contributed by atoms with Crippen LogP contribution < -0.4 is 10.5 Å². The molecular formula is C13H10ClFN2O3. The summed E-state index contributed by atoms with van der Waals surface area (Å²) in [4.78, 5) is 10.2. The lowest BCUT2D eigenvalue weighted by Gasteiger charge is -2.11. The number of hydrogen-bond acceptors (Lipinski definition) is 4. The molecule has 2 N–H and O–H groups in total. The van der Waals surface area contributed by atoms with Gasteiger partial charge in [-0.1, -0.05) is 23.7 Å². The zero-order valence-electron chi connectivity index (χ0n) is 10.2. The number of nitrogens with zero attached hydrogens (tertiary/aromatic N) is 1. The van der Waals surface area contributed by atoms with Crippen molar-refractivity contribution in [2.24, 2.45) is 5.73 Å². The van der Waals surface area contributed by atoms with Gasteiger partial charge in [-0.05, 0) is 12.1 Å². The fraction of sp³-hybridized carbons (Fsp3) is 0.0769. The minimum atomic E-state index is -0.659. The highest BCUT2D eigenvalue weighted by atomic mass is 35.5. The van der Waals surface area contributed by atoms with E-state index in [4.69, 9.17) is 22.1 Å². The summed E-state index contributed by atoms with van der Waals surface area (Å²) in [6, 6.07) is 7.86. The van der Waals surface area contributed by atoms with Crippen molar-refractivity contribution in [3.8, 4) is 11.5 Å². The smallest absolute Gasteiger partial charge is 0.311 e. The molecule has 0 heterocycles. The Labute approximate surface area is 118 Å². The molecule has 0 aliphatic carbocycles. The summed E-state index contributed by atoms with van der Waals surface area (Å²) in [5, 5.41) is 11.2. The molecule has 0 spiro atoms. The third-order valence-corrected chi connectivity index (χ3v) is 2.90. The van der Waals surface area contributed by atoms with Crippen molar-refractivity contribution >= 4 is 17.3 Å². The topological polar surface area (TPSA) is 78.4 Å². The normalized spacial score (nSPS) is 10.3. The fourth-order valence-electron chi connectivity index (χ4n) is 1.66. The van der Waals surface area contributed by atoms with Crippen molar-refractivity contribution in [3.05, 3.63) is 62.9 Å². The first-order valence-electron chi connectivity index (χ1n) is 5.62. The van der Waals surface area contributed by atoms with Crippen LogP contribution in [0.2, 0.25) is 5.02 Å². The Morgan fingerprint density at radius 2 is 2.10 bits per heavy atom. The van der Waals surface area contributed by atoms with E-state index in [-0.39, 0.29) is 28.8 Å². The number of nitro groups is 1. The van der Waals surface area contributed by atoms with Crippen molar-refractivity contribution in [1.82, 2.24) is 0 Å². The molecule has 104 valence electrons. The molecule has 7 heteroatoms. The van der Waals surface area contributed by atoms with Gasteiger partial charge in [0.05, 0.1) is 9.95 Å². The summed E-state index contributed by atoms with van der Waals surface area (Å²) < 4.78 is 18.6. The third kappa shape index (κ3) is 2.87. The van der Waals surface area contributed by atoms with Crippen LogP contribution in [0, 0.1) is 15.9 Å². The standard InChI is InChI=1S/C13H10ClFN2O3/c14-10-3-1-2-8(7-16)13(10)20-12-6-9(15)4-5-11(12)17(18)19/h1-6H,7,16H2. The van der Waals surface area contributed by atoms with Crippen LogP contribution in [-0.4, -0.2) is 4.92 Å². The van der Waals surface area contributed by atoms with Crippen LogP contribution in [0.15, 0.2) is 36.4 Å². The van der Waals surface area contributed by atoms with Gasteiger partial charge in [-0.15, -0.1) is 0 Å². The quantitative estimate of drug-likeness (QED) is 0.690. The van der Waals surface area contributed by atoms with E-state index in [2.05, 4.69) is 0 Å². The number of ether oxygens (including phenoxy) is 1. The van der Waals surface area contributed by atoms with Gasteiger partial charge >= 0.3 is 5.69 Å². The average molecular weight is 297 g/mol. The molecule has 0 fully saturated rings. The number of para-hydroxylation sites is 1. The molecule has 0 aliphatic rings. The Bertz CT molecular complexity index is 664. The lowest BCUT2D eigenvalue weighted by Crippen LogP contribution is -2.01. The Kier molecular flexibility index (Phi) is 4.16. The van der Waals surface area contributed by atoms with E-state index in [0.29, 0.717) is 5.56 Å². The maximum Gasteiger partial charge on any atom is 0.311 e. The SMILES string of the molecule is NCc1cccc(Cl)c1Oc1cc(F)ccc1[N+](=O)[O-]. The molecule has 0 atom stereocenters. The van der Waals surface area contributed by atoms with Gasteiger partial charge in [-0.3, -0.25) is 10.1 Å². The molecule has 0 saturated carbocycles. The predicted octanol–water partition coefficient (Wildman–Crippen LogP) is 3.64. The summed E-state index contributed by atoms with van der Waals surface area (Å²) in [6.45, 7) is 0.138. The van der Waals surface area contributed by atoms with Crippen LogP contribution in [-0.2, 0) is 6.54 Å². The van der Waals surface area contributed by atoms with Crippen LogP contribution in [0.1, 0.15) is 5.56 Å². The van der Waals surface area contributed by atoms with E-state index in [9.17, 15) is 14.5 Å². The van der Waals surface area contributed by atoms with Gasteiger partial charge in [-0.25, -0.2) is 4.39 Å². The van der Waals surface area contributed by atoms with Gasteiger partial charge < -0.3 is 10.5 Å². The molecule has 0 radical (unpaired) electrons. The average Bonchev–Trinajstić information content (AvgIpc) is 2.40. The molecule has 2 aromatic rings. The van der Waals surface area contributed by atoms with Crippen molar-refractivity contribution < 1.29 is 14.1 Å². The molecule has 0 saturated heterocycles. The van der Waals surface area contributed by atoms with E-state index in [0.717, 1.165) is 18.2 Å². The lowest BCUT2D eigenvalue weighted by molar-refractivity contribution is -0.385. The minimum absolute atomic E-state index is 0.138. The van der Waals surface area contributed by atoms with E-state index >= 15 is 0 Å². The zero-order valence-corrected chi connectivity index (χ0v) is 10.9. The van der Waals surface area contributed by atoms with Crippen LogP contribution in [0.5, 0.6) is 11.5 Å². The second kappa shape index (κ2) is 5.85. The molecule has 0 aliphatic heterocycles. The van der Waals surface area contributed by atoms with Crippen LogP contribution in [0.4, 0.5) is 10.1 Å². The molecule has 0 aromatic heterocycles. The van der Waals surface area contributed by atoms with E-state index in [1.165, 1.54) is 0 Å². The van der Waals surface area contributed by atoms with E-state index in [1.54, 1.807) is 18.2 Å². The minimum Gasteiger partial charge on any atom is -0.448 e. The number of nitrogens with two attached hydrogens (primary N) is 1.